The normalized spacial score (nSPS) is 21.4. The van der Waals surface area contributed by atoms with Crippen LogP contribution in [0.1, 0.15) is 145 Å². The molecule has 12 nitrogen and oxygen atoms in total. The highest BCUT2D eigenvalue weighted by molar-refractivity contribution is 6.03. The minimum atomic E-state index is -1.58. The number of oxime groups is 1. The van der Waals surface area contributed by atoms with Gasteiger partial charge in [-0.15, -0.1) is 13.2 Å². The maximum absolute atomic E-state index is 14.7. The number of allylic oxidation sites excluding steroid dienone is 1. The quantitative estimate of drug-likeness (QED) is 0.0316. The number of fused-ring (bicyclic) bond motifs is 2. The Hall–Kier alpha value is -5.50. The standard InChI is InChI=1S/C59H80FN3O9/c1-4-7-9-10-11-12-13-14-15-21-34-61-57(66)71-48-32-33-53-51(40-48)55-49(27-20-23-36-65)46(26-19-22-35-64)39-50-52(62-70-43-45-24-17-16-18-25-45)41-54(59(72-53,56(50)55)69-37-6-3)63(58(67)68-38-8-5-2)42-44-28-30-47(60)31-29-44/h5-6,16-18,24-25,28-33,39-40,46,49,54-56,64-65H,2-4,7-15,19-23,26-27,34-38,41-43H2,1H3,(H,61,66). The number of carbonyl (C=O) groups is 2. The summed E-state index contributed by atoms with van der Waals surface area (Å²) in [4.78, 5) is 36.0. The van der Waals surface area contributed by atoms with Crippen LogP contribution in [0, 0.1) is 23.6 Å². The van der Waals surface area contributed by atoms with E-state index < -0.39 is 35.8 Å². The molecule has 3 aliphatic rings. The average Bonchev–Trinajstić information content (AvgIpc) is 3.39. The van der Waals surface area contributed by atoms with Crippen LogP contribution < -0.4 is 14.8 Å². The number of rotatable bonds is 32. The van der Waals surface area contributed by atoms with Gasteiger partial charge in [0.1, 0.15) is 30.0 Å². The Labute approximate surface area is 427 Å². The number of carbonyl (C=O) groups excluding carboxylic acids is 2. The molecule has 3 aromatic carbocycles. The molecule has 2 amide bonds. The highest BCUT2D eigenvalue weighted by atomic mass is 19.1. The summed E-state index contributed by atoms with van der Waals surface area (Å²) < 4.78 is 40.9. The highest BCUT2D eigenvalue weighted by Gasteiger charge is 2.65. The van der Waals surface area contributed by atoms with E-state index in [1.807, 2.05) is 42.5 Å². The van der Waals surface area contributed by atoms with Crippen molar-refractivity contribution in [3.63, 3.8) is 0 Å². The molecule has 392 valence electrons. The molecule has 0 radical (unpaired) electrons. The topological polar surface area (TPSA) is 148 Å². The van der Waals surface area contributed by atoms with E-state index in [1.54, 1.807) is 35.3 Å². The van der Waals surface area contributed by atoms with Crippen LogP contribution >= 0.6 is 0 Å². The number of amides is 2. The molecular weight excluding hydrogens is 914 g/mol. The molecule has 72 heavy (non-hydrogen) atoms. The van der Waals surface area contributed by atoms with Crippen molar-refractivity contribution in [3.8, 4) is 11.5 Å². The number of halogens is 1. The van der Waals surface area contributed by atoms with Crippen molar-refractivity contribution in [1.29, 1.82) is 0 Å². The van der Waals surface area contributed by atoms with Gasteiger partial charge in [0.2, 0.25) is 5.79 Å². The predicted octanol–water partition coefficient (Wildman–Crippen LogP) is 12.9. The highest BCUT2D eigenvalue weighted by Crippen LogP contribution is 2.62. The molecule has 0 spiro atoms. The second-order valence-corrected chi connectivity index (χ2v) is 19.5. The number of aliphatic hydroxyl groups is 2. The van der Waals surface area contributed by atoms with E-state index in [-0.39, 0.29) is 63.8 Å². The fourth-order valence-electron chi connectivity index (χ4n) is 10.8. The first kappa shape index (κ1) is 55.8. The first-order chi connectivity index (χ1) is 35.3. The lowest BCUT2D eigenvalue weighted by molar-refractivity contribution is -0.256. The van der Waals surface area contributed by atoms with Crippen LogP contribution in [0.2, 0.25) is 0 Å². The average molecular weight is 994 g/mol. The summed E-state index contributed by atoms with van der Waals surface area (Å²) in [7, 11) is 0. The van der Waals surface area contributed by atoms with Gasteiger partial charge in [0.15, 0.2) is 0 Å². The molecule has 1 saturated carbocycles. The van der Waals surface area contributed by atoms with Crippen molar-refractivity contribution >= 4 is 17.9 Å². The molecule has 1 heterocycles. The molecule has 3 N–H and O–H groups in total. The lowest BCUT2D eigenvalue weighted by Crippen LogP contribution is -2.70. The Bertz CT molecular complexity index is 2200. The van der Waals surface area contributed by atoms with Gasteiger partial charge >= 0.3 is 12.2 Å². The summed E-state index contributed by atoms with van der Waals surface area (Å²) in [5.74, 6) is -2.17. The molecule has 2 aliphatic carbocycles. The van der Waals surface area contributed by atoms with E-state index >= 15 is 0 Å². The van der Waals surface area contributed by atoms with Crippen molar-refractivity contribution < 1.29 is 48.0 Å². The summed E-state index contributed by atoms with van der Waals surface area (Å²) in [6.45, 7) is 11.1. The third-order valence-electron chi connectivity index (χ3n) is 14.3. The van der Waals surface area contributed by atoms with Crippen LogP contribution in [0.25, 0.3) is 0 Å². The second kappa shape index (κ2) is 29.9. The smallest absolute Gasteiger partial charge is 0.412 e. The van der Waals surface area contributed by atoms with E-state index in [2.05, 4.69) is 31.5 Å². The Balaban J connectivity index is 1.43. The number of aliphatic hydroxyl groups excluding tert-OH is 2. The summed E-state index contributed by atoms with van der Waals surface area (Å²) in [5.41, 5.74) is 3.87. The molecule has 1 fully saturated rings. The molecule has 1 aliphatic heterocycles. The monoisotopic (exact) mass is 994 g/mol. The maximum Gasteiger partial charge on any atom is 0.412 e. The minimum Gasteiger partial charge on any atom is -0.459 e. The number of hydrogen-bond acceptors (Lipinski definition) is 10. The van der Waals surface area contributed by atoms with Crippen molar-refractivity contribution in [2.75, 3.05) is 33.0 Å². The zero-order valence-corrected chi connectivity index (χ0v) is 42.7. The fraction of sp³-hybridized carbons (Fsp3) is 0.542. The summed E-state index contributed by atoms with van der Waals surface area (Å²) >= 11 is 0. The van der Waals surface area contributed by atoms with Gasteiger partial charge in [-0.25, -0.2) is 14.0 Å². The van der Waals surface area contributed by atoms with E-state index in [0.717, 1.165) is 61.6 Å². The zero-order valence-electron chi connectivity index (χ0n) is 42.7. The zero-order chi connectivity index (χ0) is 51.0. The third kappa shape index (κ3) is 15.5. The van der Waals surface area contributed by atoms with Crippen molar-refractivity contribution in [3.05, 3.63) is 132 Å². The van der Waals surface area contributed by atoms with Gasteiger partial charge in [-0.05, 0) is 97.4 Å². The number of unbranched alkanes of at least 4 members (excludes halogenated alkanes) is 11. The van der Waals surface area contributed by atoms with E-state index in [9.17, 15) is 24.2 Å². The molecule has 13 heteroatoms. The molecule has 6 rings (SSSR count). The van der Waals surface area contributed by atoms with Gasteiger partial charge in [0.05, 0.1) is 24.8 Å². The molecule has 0 saturated heterocycles. The lowest BCUT2D eigenvalue weighted by atomic mass is 9.55. The van der Waals surface area contributed by atoms with Crippen molar-refractivity contribution in [2.45, 2.75) is 153 Å². The summed E-state index contributed by atoms with van der Waals surface area (Å²) in [5, 5.41) is 27.9. The van der Waals surface area contributed by atoms with Crippen LogP contribution in [0.5, 0.6) is 11.5 Å². The molecular formula is C59H80FN3O9. The Morgan fingerprint density at radius 1 is 0.861 bits per heavy atom. The number of nitrogens with zero attached hydrogens (tertiary/aromatic N) is 2. The molecule has 6 atom stereocenters. The second-order valence-electron chi connectivity index (χ2n) is 19.5. The van der Waals surface area contributed by atoms with Crippen molar-refractivity contribution in [2.24, 2.45) is 22.9 Å². The molecule has 6 unspecified atom stereocenters. The van der Waals surface area contributed by atoms with Crippen LogP contribution in [0.4, 0.5) is 14.0 Å². The van der Waals surface area contributed by atoms with Crippen LogP contribution in [0.3, 0.4) is 0 Å². The number of nitrogens with one attached hydrogen (secondary N) is 1. The van der Waals surface area contributed by atoms with E-state index in [1.165, 1.54) is 57.1 Å². The Morgan fingerprint density at radius 2 is 1.57 bits per heavy atom. The first-order valence-corrected chi connectivity index (χ1v) is 26.8. The van der Waals surface area contributed by atoms with E-state index in [4.69, 9.17) is 28.9 Å². The predicted molar refractivity (Wildman–Crippen MR) is 280 cm³/mol. The van der Waals surface area contributed by atoms with Gasteiger partial charge in [0.25, 0.3) is 0 Å². The third-order valence-corrected chi connectivity index (χ3v) is 14.3. The number of benzene rings is 3. The SMILES string of the molecule is C=CCCOC(=O)N(Cc1ccc(F)cc1)C1CC(=NOCc2ccccc2)C2=CC(CCCCO)C(CCCCO)C3c4cc(OC(=O)NCCCCCCCCCCCC)ccc4OC1(OCC=C)C23. The minimum absolute atomic E-state index is 0.0152. The van der Waals surface area contributed by atoms with E-state index in [0.29, 0.717) is 48.6 Å². The largest absolute Gasteiger partial charge is 0.459 e. The van der Waals surface area contributed by atoms with Crippen LogP contribution in [-0.4, -0.2) is 77.8 Å². The molecule has 0 bridgehead atoms. The van der Waals surface area contributed by atoms with Gasteiger partial charge in [-0.2, -0.15) is 0 Å². The van der Waals surface area contributed by atoms with Crippen molar-refractivity contribution in [1.82, 2.24) is 10.2 Å². The maximum atomic E-state index is 14.7. The van der Waals surface area contributed by atoms with Gasteiger partial charge in [0, 0.05) is 44.2 Å². The number of ether oxygens (including phenoxy) is 4. The fourth-order valence-corrected chi connectivity index (χ4v) is 10.8. The summed E-state index contributed by atoms with van der Waals surface area (Å²) in [6, 6.07) is 20.3. The number of hydrogen-bond donors (Lipinski definition) is 3. The van der Waals surface area contributed by atoms with Crippen LogP contribution in [-0.2, 0) is 27.5 Å². The summed E-state index contributed by atoms with van der Waals surface area (Å²) in [6.07, 6.45) is 21.2. The molecule has 3 aromatic rings. The molecule has 0 aromatic heterocycles. The van der Waals surface area contributed by atoms with Crippen LogP contribution in [0.15, 0.2) is 115 Å². The first-order valence-electron chi connectivity index (χ1n) is 26.8. The lowest BCUT2D eigenvalue weighted by Gasteiger charge is -2.59. The Morgan fingerprint density at radius 3 is 2.26 bits per heavy atom. The van der Waals surface area contributed by atoms with Gasteiger partial charge in [-0.1, -0.05) is 143 Å². The van der Waals surface area contributed by atoms with Gasteiger partial charge in [-0.3, -0.25) is 4.90 Å². The van der Waals surface area contributed by atoms with Gasteiger partial charge < -0.3 is 39.3 Å². The Kier molecular flexibility index (Phi) is 23.2.